The Kier molecular flexibility index (Phi) is 3.76. The molecule has 1 aromatic heterocycles. The monoisotopic (exact) mass is 253 g/mol. The predicted octanol–water partition coefficient (Wildman–Crippen LogP) is 2.98. The predicted molar refractivity (Wildman–Crippen MR) is 66.4 cm³/mol. The van der Waals surface area contributed by atoms with E-state index < -0.39 is 0 Å². The molecule has 0 amide bonds. The van der Waals surface area contributed by atoms with E-state index in [0.717, 1.165) is 23.4 Å². The molecule has 0 radical (unpaired) electrons. The van der Waals surface area contributed by atoms with Crippen LogP contribution in [-0.4, -0.2) is 16.7 Å². The molecule has 0 spiro atoms. The van der Waals surface area contributed by atoms with Crippen LogP contribution in [0.4, 0.5) is 4.39 Å². The molecule has 2 aromatic rings. The Hall–Kier alpha value is -1.39. The summed E-state index contributed by atoms with van der Waals surface area (Å²) < 4.78 is 13.0. The molecular formula is C12H13ClFN3. The number of nitrogens with one attached hydrogen (secondary N) is 2. The first kappa shape index (κ1) is 12.1. The minimum Gasteiger partial charge on any atom is -0.313 e. The molecule has 0 saturated carbocycles. The highest BCUT2D eigenvalue weighted by atomic mass is 35.5. The standard InChI is InChI=1S/C12H13ClFN3/c1-2-15-6-8-7-16-17-12(8)10-4-3-9(14)5-11(10)13/h3-5,7,15H,2,6H2,1H3,(H,16,17). The molecule has 5 heteroatoms. The van der Waals surface area contributed by atoms with Crippen LogP contribution in [0.15, 0.2) is 24.4 Å². The lowest BCUT2D eigenvalue weighted by Crippen LogP contribution is -2.11. The van der Waals surface area contributed by atoms with Gasteiger partial charge in [0, 0.05) is 17.7 Å². The fraction of sp³-hybridized carbons (Fsp3) is 0.250. The van der Waals surface area contributed by atoms with Crippen molar-refractivity contribution in [1.29, 1.82) is 0 Å². The Labute approximate surface area is 104 Å². The molecule has 1 heterocycles. The smallest absolute Gasteiger partial charge is 0.124 e. The van der Waals surface area contributed by atoms with Gasteiger partial charge in [-0.25, -0.2) is 4.39 Å². The number of nitrogens with zero attached hydrogens (tertiary/aromatic N) is 1. The maximum Gasteiger partial charge on any atom is 0.124 e. The normalized spacial score (nSPS) is 10.8. The lowest BCUT2D eigenvalue weighted by atomic mass is 10.1. The molecule has 90 valence electrons. The van der Waals surface area contributed by atoms with Gasteiger partial charge in [0.25, 0.3) is 0 Å². The SMILES string of the molecule is CCNCc1cn[nH]c1-c1ccc(F)cc1Cl. The highest BCUT2D eigenvalue weighted by Crippen LogP contribution is 2.29. The van der Waals surface area contributed by atoms with Crippen LogP contribution in [0.25, 0.3) is 11.3 Å². The number of benzene rings is 1. The Morgan fingerprint density at radius 2 is 2.29 bits per heavy atom. The van der Waals surface area contributed by atoms with E-state index in [2.05, 4.69) is 15.5 Å². The third-order valence-electron chi connectivity index (χ3n) is 2.48. The number of hydrogen-bond donors (Lipinski definition) is 2. The van der Waals surface area contributed by atoms with E-state index in [1.54, 1.807) is 12.3 Å². The van der Waals surface area contributed by atoms with Crippen LogP contribution in [0, 0.1) is 5.82 Å². The number of halogens is 2. The summed E-state index contributed by atoms with van der Waals surface area (Å²) in [5.74, 6) is -0.341. The average Bonchev–Trinajstić information content (AvgIpc) is 2.74. The first-order valence-corrected chi connectivity index (χ1v) is 5.78. The second-order valence-electron chi connectivity index (χ2n) is 3.67. The van der Waals surface area contributed by atoms with Gasteiger partial charge in [0.2, 0.25) is 0 Å². The third-order valence-corrected chi connectivity index (χ3v) is 2.80. The van der Waals surface area contributed by atoms with Crippen LogP contribution in [0.2, 0.25) is 5.02 Å². The maximum absolute atomic E-state index is 13.0. The summed E-state index contributed by atoms with van der Waals surface area (Å²) in [5, 5.41) is 10.5. The van der Waals surface area contributed by atoms with Crippen LogP contribution in [0.3, 0.4) is 0 Å². The van der Waals surface area contributed by atoms with Crippen LogP contribution >= 0.6 is 11.6 Å². The number of rotatable bonds is 4. The van der Waals surface area contributed by atoms with Crippen molar-refractivity contribution >= 4 is 11.6 Å². The third kappa shape index (κ3) is 2.65. The minimum absolute atomic E-state index is 0.341. The molecule has 0 fully saturated rings. The summed E-state index contributed by atoms with van der Waals surface area (Å²) in [7, 11) is 0. The summed E-state index contributed by atoms with van der Waals surface area (Å²) in [6.45, 7) is 3.61. The summed E-state index contributed by atoms with van der Waals surface area (Å²) in [4.78, 5) is 0. The van der Waals surface area contributed by atoms with Gasteiger partial charge in [-0.15, -0.1) is 0 Å². The molecule has 1 aromatic carbocycles. The average molecular weight is 254 g/mol. The first-order chi connectivity index (χ1) is 8.22. The molecule has 0 unspecified atom stereocenters. The Morgan fingerprint density at radius 3 is 3.00 bits per heavy atom. The molecule has 2 N–H and O–H groups in total. The zero-order valence-electron chi connectivity index (χ0n) is 9.43. The van der Waals surface area contributed by atoms with Crippen molar-refractivity contribution in [2.24, 2.45) is 0 Å². The highest BCUT2D eigenvalue weighted by Gasteiger charge is 2.11. The minimum atomic E-state index is -0.341. The van der Waals surface area contributed by atoms with Gasteiger partial charge in [-0.2, -0.15) is 5.10 Å². The molecule has 0 aliphatic heterocycles. The zero-order chi connectivity index (χ0) is 12.3. The summed E-state index contributed by atoms with van der Waals surface area (Å²) in [6.07, 6.45) is 1.75. The zero-order valence-corrected chi connectivity index (χ0v) is 10.2. The van der Waals surface area contributed by atoms with E-state index in [-0.39, 0.29) is 5.82 Å². The van der Waals surface area contributed by atoms with Crippen molar-refractivity contribution < 1.29 is 4.39 Å². The number of aromatic amines is 1. The molecule has 0 aliphatic rings. The second-order valence-corrected chi connectivity index (χ2v) is 4.08. The van der Waals surface area contributed by atoms with E-state index in [0.29, 0.717) is 11.6 Å². The van der Waals surface area contributed by atoms with E-state index in [1.165, 1.54) is 12.1 Å². The molecular weight excluding hydrogens is 241 g/mol. The fourth-order valence-corrected chi connectivity index (χ4v) is 1.89. The summed E-state index contributed by atoms with van der Waals surface area (Å²) in [5.41, 5.74) is 2.61. The van der Waals surface area contributed by atoms with Gasteiger partial charge in [-0.3, -0.25) is 5.10 Å². The quantitative estimate of drug-likeness (QED) is 0.880. The van der Waals surface area contributed by atoms with Crippen molar-refractivity contribution in [3.63, 3.8) is 0 Å². The molecule has 0 saturated heterocycles. The van der Waals surface area contributed by atoms with Crippen molar-refractivity contribution in [2.45, 2.75) is 13.5 Å². The topological polar surface area (TPSA) is 40.7 Å². The molecule has 17 heavy (non-hydrogen) atoms. The lowest BCUT2D eigenvalue weighted by molar-refractivity contribution is 0.628. The first-order valence-electron chi connectivity index (χ1n) is 5.40. The van der Waals surface area contributed by atoms with E-state index in [9.17, 15) is 4.39 Å². The van der Waals surface area contributed by atoms with Crippen molar-refractivity contribution in [3.05, 3.63) is 40.8 Å². The van der Waals surface area contributed by atoms with Gasteiger partial charge in [0.05, 0.1) is 16.9 Å². The second kappa shape index (κ2) is 5.29. The maximum atomic E-state index is 13.0. The summed E-state index contributed by atoms with van der Waals surface area (Å²) in [6, 6.07) is 4.34. The Bertz CT molecular complexity index is 510. The summed E-state index contributed by atoms with van der Waals surface area (Å²) >= 11 is 6.02. The van der Waals surface area contributed by atoms with Crippen LogP contribution in [0.1, 0.15) is 12.5 Å². The van der Waals surface area contributed by atoms with Gasteiger partial charge in [-0.1, -0.05) is 18.5 Å². The molecule has 2 rings (SSSR count). The Morgan fingerprint density at radius 1 is 1.47 bits per heavy atom. The largest absolute Gasteiger partial charge is 0.313 e. The Balaban J connectivity index is 2.35. The van der Waals surface area contributed by atoms with Crippen LogP contribution < -0.4 is 5.32 Å². The molecule has 0 aliphatic carbocycles. The number of H-pyrrole nitrogens is 1. The van der Waals surface area contributed by atoms with E-state index in [1.807, 2.05) is 6.92 Å². The van der Waals surface area contributed by atoms with Gasteiger partial charge in [-0.05, 0) is 24.7 Å². The van der Waals surface area contributed by atoms with E-state index in [4.69, 9.17) is 11.6 Å². The van der Waals surface area contributed by atoms with E-state index >= 15 is 0 Å². The lowest BCUT2D eigenvalue weighted by Gasteiger charge is -2.06. The van der Waals surface area contributed by atoms with Crippen LogP contribution in [-0.2, 0) is 6.54 Å². The van der Waals surface area contributed by atoms with Crippen molar-refractivity contribution in [3.8, 4) is 11.3 Å². The molecule has 0 bridgehead atoms. The van der Waals surface area contributed by atoms with Gasteiger partial charge in [0.1, 0.15) is 5.82 Å². The number of hydrogen-bond acceptors (Lipinski definition) is 2. The fourth-order valence-electron chi connectivity index (χ4n) is 1.63. The van der Waals surface area contributed by atoms with Gasteiger partial charge < -0.3 is 5.32 Å². The van der Waals surface area contributed by atoms with Crippen molar-refractivity contribution in [1.82, 2.24) is 15.5 Å². The van der Waals surface area contributed by atoms with Crippen molar-refractivity contribution in [2.75, 3.05) is 6.54 Å². The number of aromatic nitrogens is 2. The van der Waals surface area contributed by atoms with Gasteiger partial charge in [0.15, 0.2) is 0 Å². The van der Waals surface area contributed by atoms with Gasteiger partial charge >= 0.3 is 0 Å². The van der Waals surface area contributed by atoms with Crippen LogP contribution in [0.5, 0.6) is 0 Å². The molecule has 3 nitrogen and oxygen atoms in total. The highest BCUT2D eigenvalue weighted by molar-refractivity contribution is 6.33. The molecule has 0 atom stereocenters.